The number of anilines is 2. The molecular weight excluding hydrogens is 506 g/mol. The van der Waals surface area contributed by atoms with Crippen LogP contribution >= 0.6 is 28.1 Å². The molecule has 0 spiro atoms. The molecule has 0 aliphatic rings. The van der Waals surface area contributed by atoms with Gasteiger partial charge in [-0.1, -0.05) is 41.4 Å². The van der Waals surface area contributed by atoms with Crippen LogP contribution in [-0.2, 0) is 4.79 Å². The van der Waals surface area contributed by atoms with Gasteiger partial charge in [-0.15, -0.1) is 0 Å². The molecule has 0 unspecified atom stereocenters. The molecule has 2 amide bonds. The molecule has 0 saturated heterocycles. The van der Waals surface area contributed by atoms with Crippen LogP contribution in [0.4, 0.5) is 11.4 Å². The minimum absolute atomic E-state index is 0.0698. The number of nitrogens with one attached hydrogen (secondary N) is 3. The van der Waals surface area contributed by atoms with Crippen molar-refractivity contribution in [3.63, 3.8) is 0 Å². The van der Waals surface area contributed by atoms with E-state index in [1.54, 1.807) is 30.3 Å². The number of halogens is 1. The predicted octanol–water partition coefficient (Wildman–Crippen LogP) is 5.97. The first-order chi connectivity index (χ1) is 15.9. The Morgan fingerprint density at radius 3 is 2.52 bits per heavy atom. The molecule has 2 aromatic carbocycles. The van der Waals surface area contributed by atoms with Crippen molar-refractivity contribution in [2.75, 3.05) is 17.7 Å². The topological polar surface area (TPSA) is 92.6 Å². The highest BCUT2D eigenvalue weighted by molar-refractivity contribution is 9.10. The number of hydrogen-bond acceptors (Lipinski definition) is 5. The average molecular weight is 530 g/mol. The number of ether oxygens (including phenoxy) is 1. The number of amides is 2. The molecule has 3 rings (SSSR count). The average Bonchev–Trinajstić information content (AvgIpc) is 3.29. The molecule has 0 atom stereocenters. The Balaban J connectivity index is 1.60. The van der Waals surface area contributed by atoms with E-state index in [4.69, 9.17) is 21.4 Å². The van der Waals surface area contributed by atoms with Crippen LogP contribution in [0.2, 0.25) is 0 Å². The van der Waals surface area contributed by atoms with Crippen molar-refractivity contribution in [2.24, 2.45) is 0 Å². The number of furan rings is 1. The van der Waals surface area contributed by atoms with Gasteiger partial charge >= 0.3 is 0 Å². The maximum absolute atomic E-state index is 12.5. The lowest BCUT2D eigenvalue weighted by atomic mass is 10.2. The van der Waals surface area contributed by atoms with Crippen LogP contribution in [0.3, 0.4) is 0 Å². The molecule has 0 saturated carbocycles. The van der Waals surface area contributed by atoms with Crippen molar-refractivity contribution in [3.05, 3.63) is 64.8 Å². The summed E-state index contributed by atoms with van der Waals surface area (Å²) >= 11 is 8.65. The first-order valence-corrected chi connectivity index (χ1v) is 11.6. The van der Waals surface area contributed by atoms with E-state index in [0.717, 1.165) is 22.9 Å². The van der Waals surface area contributed by atoms with Gasteiger partial charge in [0.05, 0.1) is 12.8 Å². The van der Waals surface area contributed by atoms with Gasteiger partial charge in [0.2, 0.25) is 5.91 Å². The Morgan fingerprint density at radius 1 is 1.06 bits per heavy atom. The fraction of sp³-hybridized carbons (Fsp3) is 0.208. The van der Waals surface area contributed by atoms with Gasteiger partial charge in [-0.3, -0.25) is 14.9 Å². The number of carbonyl (C=O) groups is 2. The van der Waals surface area contributed by atoms with Gasteiger partial charge in [0.25, 0.3) is 5.91 Å². The summed E-state index contributed by atoms with van der Waals surface area (Å²) in [6.07, 6.45) is 2.22. The van der Waals surface area contributed by atoms with Crippen molar-refractivity contribution in [2.45, 2.75) is 26.2 Å². The van der Waals surface area contributed by atoms with Gasteiger partial charge in [-0.25, -0.2) is 0 Å². The molecule has 3 aromatic rings. The van der Waals surface area contributed by atoms with Crippen LogP contribution in [0.5, 0.6) is 5.75 Å². The van der Waals surface area contributed by atoms with E-state index in [1.165, 1.54) is 7.11 Å². The van der Waals surface area contributed by atoms with Crippen molar-refractivity contribution < 1.29 is 18.7 Å². The van der Waals surface area contributed by atoms with Crippen LogP contribution in [0, 0.1) is 0 Å². The zero-order valence-corrected chi connectivity index (χ0v) is 20.6. The van der Waals surface area contributed by atoms with Gasteiger partial charge in [-0.2, -0.15) is 0 Å². The number of carbonyl (C=O) groups excluding carboxylic acids is 2. The normalized spacial score (nSPS) is 10.4. The van der Waals surface area contributed by atoms with E-state index in [0.29, 0.717) is 29.3 Å². The lowest BCUT2D eigenvalue weighted by molar-refractivity contribution is -0.116. The SMILES string of the molecule is CCCCC(=O)Nc1ccc(NC(=S)NC(=O)c2ccc(-c3ccc(Br)cc3)o2)cc1OC. The molecule has 7 nitrogen and oxygen atoms in total. The molecule has 3 N–H and O–H groups in total. The molecule has 172 valence electrons. The van der Waals surface area contributed by atoms with E-state index >= 15 is 0 Å². The zero-order chi connectivity index (χ0) is 23.8. The lowest BCUT2D eigenvalue weighted by Crippen LogP contribution is -2.33. The number of methoxy groups -OCH3 is 1. The van der Waals surface area contributed by atoms with Crippen LogP contribution in [0.1, 0.15) is 36.7 Å². The monoisotopic (exact) mass is 529 g/mol. The molecule has 1 aromatic heterocycles. The second-order valence-corrected chi connectivity index (χ2v) is 8.47. The first kappa shape index (κ1) is 24.5. The van der Waals surface area contributed by atoms with Crippen LogP contribution in [0.25, 0.3) is 11.3 Å². The van der Waals surface area contributed by atoms with Crippen LogP contribution < -0.4 is 20.7 Å². The summed E-state index contributed by atoms with van der Waals surface area (Å²) in [6.45, 7) is 2.03. The minimum Gasteiger partial charge on any atom is -0.494 e. The van der Waals surface area contributed by atoms with E-state index in [-0.39, 0.29) is 16.8 Å². The van der Waals surface area contributed by atoms with Gasteiger partial charge in [0.1, 0.15) is 11.5 Å². The first-order valence-electron chi connectivity index (χ1n) is 10.4. The number of rotatable bonds is 8. The summed E-state index contributed by atoms with van der Waals surface area (Å²) in [5.74, 6) is 0.652. The Kier molecular flexibility index (Phi) is 8.62. The van der Waals surface area contributed by atoms with E-state index in [1.807, 2.05) is 31.2 Å². The summed E-state index contributed by atoms with van der Waals surface area (Å²) in [5, 5.41) is 8.47. The third-order valence-electron chi connectivity index (χ3n) is 4.68. The summed E-state index contributed by atoms with van der Waals surface area (Å²) in [4.78, 5) is 24.5. The Bertz CT molecular complexity index is 1140. The maximum Gasteiger partial charge on any atom is 0.293 e. The number of unbranched alkanes of at least 4 members (excludes halogenated alkanes) is 1. The summed E-state index contributed by atoms with van der Waals surface area (Å²) in [6, 6.07) is 16.0. The second-order valence-electron chi connectivity index (χ2n) is 7.15. The Hall–Kier alpha value is -3.17. The fourth-order valence-corrected chi connectivity index (χ4v) is 3.45. The zero-order valence-electron chi connectivity index (χ0n) is 18.2. The van der Waals surface area contributed by atoms with Crippen molar-refractivity contribution >= 4 is 56.4 Å². The Labute approximate surface area is 206 Å². The fourth-order valence-electron chi connectivity index (χ4n) is 2.98. The van der Waals surface area contributed by atoms with E-state index in [2.05, 4.69) is 31.9 Å². The molecule has 0 radical (unpaired) electrons. The largest absolute Gasteiger partial charge is 0.494 e. The smallest absolute Gasteiger partial charge is 0.293 e. The number of thiocarbonyl (C=S) groups is 1. The predicted molar refractivity (Wildman–Crippen MR) is 137 cm³/mol. The minimum atomic E-state index is -0.470. The number of benzene rings is 2. The van der Waals surface area contributed by atoms with Gasteiger partial charge in [0, 0.05) is 28.2 Å². The van der Waals surface area contributed by atoms with Gasteiger partial charge < -0.3 is 19.8 Å². The molecule has 0 aliphatic carbocycles. The van der Waals surface area contributed by atoms with E-state index < -0.39 is 5.91 Å². The van der Waals surface area contributed by atoms with Crippen LogP contribution in [-0.4, -0.2) is 24.0 Å². The summed E-state index contributed by atoms with van der Waals surface area (Å²) in [7, 11) is 1.51. The van der Waals surface area contributed by atoms with Crippen LogP contribution in [0.15, 0.2) is 63.5 Å². The molecule has 0 bridgehead atoms. The quantitative estimate of drug-likeness (QED) is 0.311. The highest BCUT2D eigenvalue weighted by Crippen LogP contribution is 2.28. The third-order valence-corrected chi connectivity index (χ3v) is 5.41. The molecule has 9 heteroatoms. The number of hydrogen-bond donors (Lipinski definition) is 3. The molecule has 0 aliphatic heterocycles. The second kappa shape index (κ2) is 11.6. The molecule has 0 fully saturated rings. The Morgan fingerprint density at radius 2 is 1.82 bits per heavy atom. The van der Waals surface area contributed by atoms with Crippen molar-refractivity contribution in [1.29, 1.82) is 0 Å². The lowest BCUT2D eigenvalue weighted by Gasteiger charge is -2.13. The summed E-state index contributed by atoms with van der Waals surface area (Å²) in [5.41, 5.74) is 2.01. The highest BCUT2D eigenvalue weighted by Gasteiger charge is 2.15. The molecule has 33 heavy (non-hydrogen) atoms. The third kappa shape index (κ3) is 6.90. The van der Waals surface area contributed by atoms with Crippen molar-refractivity contribution in [3.8, 4) is 17.1 Å². The van der Waals surface area contributed by atoms with Gasteiger partial charge in [-0.05, 0) is 55.0 Å². The molecule has 1 heterocycles. The van der Waals surface area contributed by atoms with Gasteiger partial charge in [0.15, 0.2) is 10.9 Å². The summed E-state index contributed by atoms with van der Waals surface area (Å²) < 4.78 is 12.0. The molecular formula is C24H24BrN3O4S. The maximum atomic E-state index is 12.5. The van der Waals surface area contributed by atoms with E-state index in [9.17, 15) is 9.59 Å². The van der Waals surface area contributed by atoms with Crippen molar-refractivity contribution in [1.82, 2.24) is 5.32 Å². The highest BCUT2D eigenvalue weighted by atomic mass is 79.9. The standard InChI is InChI=1S/C24H24BrN3O4S/c1-3-4-5-22(29)27-18-11-10-17(14-21(18)31-2)26-24(33)28-23(30)20-13-12-19(32-20)15-6-8-16(25)9-7-15/h6-14H,3-5H2,1-2H3,(H,27,29)(H2,26,28,30,33).